The van der Waals surface area contributed by atoms with Crippen molar-refractivity contribution in [2.75, 3.05) is 5.32 Å². The molecule has 4 unspecified atom stereocenters. The normalized spacial score (nSPS) is 24.8. The second-order valence-corrected chi connectivity index (χ2v) is 7.18. The van der Waals surface area contributed by atoms with Crippen molar-refractivity contribution in [3.8, 4) is 5.75 Å². The van der Waals surface area contributed by atoms with Crippen molar-refractivity contribution in [2.24, 2.45) is 23.5 Å². The predicted octanol–water partition coefficient (Wildman–Crippen LogP) is 3.96. The van der Waals surface area contributed by atoms with Gasteiger partial charge in [0, 0.05) is 24.0 Å². The van der Waals surface area contributed by atoms with Gasteiger partial charge in [0.25, 0.3) is 0 Å². The number of rotatable bonds is 5. The van der Waals surface area contributed by atoms with Crippen molar-refractivity contribution in [3.05, 3.63) is 54.1 Å². The number of hydrogen-bond donors (Lipinski definition) is 2. The van der Waals surface area contributed by atoms with Crippen LogP contribution in [0.25, 0.3) is 0 Å². The molecule has 2 aromatic rings. The molecule has 152 valence electrons. The first-order valence-electron chi connectivity index (χ1n) is 9.00. The molecule has 2 aliphatic rings. The fourth-order valence-electron chi connectivity index (χ4n) is 4.28. The SMILES string of the molecule is Cl.Cl.NC1C2CCC(C2)C1C(=O)Nc1ccc(OCc2ccccn2)c(F)c1. The lowest BCUT2D eigenvalue weighted by atomic mass is 9.84. The lowest BCUT2D eigenvalue weighted by molar-refractivity contribution is -0.121. The largest absolute Gasteiger partial charge is 0.484 e. The van der Waals surface area contributed by atoms with Crippen molar-refractivity contribution in [1.29, 1.82) is 0 Å². The summed E-state index contributed by atoms with van der Waals surface area (Å²) in [5, 5.41) is 2.81. The third-order valence-electron chi connectivity index (χ3n) is 5.58. The molecule has 1 amide bonds. The van der Waals surface area contributed by atoms with Crippen LogP contribution in [0.15, 0.2) is 42.6 Å². The number of aromatic nitrogens is 1. The number of benzene rings is 1. The summed E-state index contributed by atoms with van der Waals surface area (Å²) < 4.78 is 19.8. The van der Waals surface area contributed by atoms with Gasteiger partial charge in [-0.2, -0.15) is 0 Å². The van der Waals surface area contributed by atoms with Gasteiger partial charge in [0.2, 0.25) is 5.91 Å². The number of halogens is 3. The summed E-state index contributed by atoms with van der Waals surface area (Å²) in [7, 11) is 0. The Labute approximate surface area is 176 Å². The molecular weight excluding hydrogens is 404 g/mol. The number of carbonyl (C=O) groups is 1. The zero-order valence-corrected chi connectivity index (χ0v) is 16.8. The first-order valence-corrected chi connectivity index (χ1v) is 9.00. The molecule has 2 aliphatic carbocycles. The van der Waals surface area contributed by atoms with Gasteiger partial charge in [-0.1, -0.05) is 6.07 Å². The van der Waals surface area contributed by atoms with E-state index in [0.717, 1.165) is 25.0 Å². The molecule has 28 heavy (non-hydrogen) atoms. The number of anilines is 1. The summed E-state index contributed by atoms with van der Waals surface area (Å²) in [4.78, 5) is 16.7. The van der Waals surface area contributed by atoms with Gasteiger partial charge >= 0.3 is 0 Å². The first kappa shape index (κ1) is 22.4. The number of nitrogens with two attached hydrogens (primary N) is 1. The molecule has 2 saturated carbocycles. The van der Waals surface area contributed by atoms with Crippen LogP contribution in [0, 0.1) is 23.6 Å². The summed E-state index contributed by atoms with van der Waals surface area (Å²) in [6, 6.07) is 9.84. The van der Waals surface area contributed by atoms with Crippen LogP contribution in [0.2, 0.25) is 0 Å². The maximum absolute atomic E-state index is 14.3. The molecule has 5 nitrogen and oxygen atoms in total. The van der Waals surface area contributed by atoms with Crippen LogP contribution >= 0.6 is 24.8 Å². The number of nitrogens with one attached hydrogen (secondary N) is 1. The molecule has 1 aromatic heterocycles. The third-order valence-corrected chi connectivity index (χ3v) is 5.58. The first-order chi connectivity index (χ1) is 12.6. The number of ether oxygens (including phenoxy) is 1. The highest BCUT2D eigenvalue weighted by Crippen LogP contribution is 2.47. The number of fused-ring (bicyclic) bond motifs is 2. The maximum atomic E-state index is 14.3. The Bertz CT molecular complexity index is 807. The van der Waals surface area contributed by atoms with Crippen molar-refractivity contribution in [1.82, 2.24) is 4.98 Å². The Morgan fingerprint density at radius 1 is 1.21 bits per heavy atom. The van der Waals surface area contributed by atoms with Crippen LogP contribution in [0.3, 0.4) is 0 Å². The molecule has 4 atom stereocenters. The second-order valence-electron chi connectivity index (χ2n) is 7.18. The Hall–Kier alpha value is -1.89. The Morgan fingerprint density at radius 2 is 2.00 bits per heavy atom. The molecule has 0 saturated heterocycles. The Kier molecular flexibility index (Phi) is 7.63. The molecule has 3 N–H and O–H groups in total. The topological polar surface area (TPSA) is 77.2 Å². The summed E-state index contributed by atoms with van der Waals surface area (Å²) in [5.74, 6) is 0.153. The van der Waals surface area contributed by atoms with Crippen LogP contribution in [0.1, 0.15) is 25.0 Å². The molecule has 2 bridgehead atoms. The molecule has 1 aromatic carbocycles. The van der Waals surface area contributed by atoms with Crippen LogP contribution in [0.4, 0.5) is 10.1 Å². The lowest BCUT2D eigenvalue weighted by Crippen LogP contribution is -2.42. The summed E-state index contributed by atoms with van der Waals surface area (Å²) >= 11 is 0. The summed E-state index contributed by atoms with van der Waals surface area (Å²) in [6.07, 6.45) is 4.87. The van der Waals surface area contributed by atoms with Crippen LogP contribution in [-0.2, 0) is 11.4 Å². The van der Waals surface area contributed by atoms with Gasteiger partial charge in [0.15, 0.2) is 11.6 Å². The van der Waals surface area contributed by atoms with Gasteiger partial charge < -0.3 is 15.8 Å². The van der Waals surface area contributed by atoms with Gasteiger partial charge in [-0.3, -0.25) is 9.78 Å². The monoisotopic (exact) mass is 427 g/mol. The fourth-order valence-corrected chi connectivity index (χ4v) is 4.28. The number of carbonyl (C=O) groups excluding carboxylic acids is 1. The molecule has 8 heteroatoms. The third kappa shape index (κ3) is 4.57. The van der Waals surface area contributed by atoms with E-state index in [1.54, 1.807) is 12.3 Å². The lowest BCUT2D eigenvalue weighted by Gasteiger charge is -2.27. The minimum absolute atomic E-state index is 0. The van der Waals surface area contributed by atoms with E-state index in [2.05, 4.69) is 10.3 Å². The van der Waals surface area contributed by atoms with Crippen molar-refractivity contribution in [3.63, 3.8) is 0 Å². The molecule has 2 fully saturated rings. The molecule has 0 spiro atoms. The van der Waals surface area contributed by atoms with Crippen LogP contribution < -0.4 is 15.8 Å². The summed E-state index contributed by atoms with van der Waals surface area (Å²) in [6.45, 7) is 0.184. The standard InChI is InChI=1S/C20H22FN3O2.2ClH/c21-16-10-14(6-7-17(16)26-11-15-3-1-2-8-23-15)24-20(25)18-12-4-5-13(9-12)19(18)22;;/h1-3,6-8,10,12-13,18-19H,4-5,9,11,22H2,(H,24,25);2*1H. The van der Waals surface area contributed by atoms with E-state index >= 15 is 0 Å². The van der Waals surface area contributed by atoms with Crippen LogP contribution in [0.5, 0.6) is 5.75 Å². The van der Waals surface area contributed by atoms with Crippen molar-refractivity contribution in [2.45, 2.75) is 31.9 Å². The average Bonchev–Trinajstić information content (AvgIpc) is 3.23. The van der Waals surface area contributed by atoms with Crippen LogP contribution in [-0.4, -0.2) is 16.9 Å². The van der Waals surface area contributed by atoms with E-state index in [0.29, 0.717) is 17.5 Å². The molecular formula is C20H24Cl2FN3O2. The number of pyridine rings is 1. The molecule has 4 rings (SSSR count). The van der Waals surface area contributed by atoms with Gasteiger partial charge in [-0.25, -0.2) is 4.39 Å². The number of amides is 1. The maximum Gasteiger partial charge on any atom is 0.229 e. The summed E-state index contributed by atoms with van der Waals surface area (Å²) in [5.41, 5.74) is 7.35. The average molecular weight is 428 g/mol. The van der Waals surface area contributed by atoms with Gasteiger partial charge in [-0.05, 0) is 55.4 Å². The van der Waals surface area contributed by atoms with E-state index in [-0.39, 0.29) is 55.0 Å². The van der Waals surface area contributed by atoms with E-state index < -0.39 is 5.82 Å². The predicted molar refractivity (Wildman–Crippen MR) is 110 cm³/mol. The van der Waals surface area contributed by atoms with E-state index in [1.165, 1.54) is 12.1 Å². The molecule has 1 heterocycles. The Morgan fingerprint density at radius 3 is 2.64 bits per heavy atom. The highest BCUT2D eigenvalue weighted by atomic mass is 35.5. The smallest absolute Gasteiger partial charge is 0.229 e. The van der Waals surface area contributed by atoms with Gasteiger partial charge in [0.1, 0.15) is 6.61 Å². The zero-order chi connectivity index (χ0) is 18.1. The second kappa shape index (κ2) is 9.54. The Balaban J connectivity index is 0.00000140. The zero-order valence-electron chi connectivity index (χ0n) is 15.2. The number of hydrogen-bond acceptors (Lipinski definition) is 4. The highest BCUT2D eigenvalue weighted by Gasteiger charge is 2.49. The van der Waals surface area contributed by atoms with E-state index in [4.69, 9.17) is 10.5 Å². The minimum atomic E-state index is -0.518. The molecule has 0 radical (unpaired) electrons. The quantitative estimate of drug-likeness (QED) is 0.756. The van der Waals surface area contributed by atoms with Gasteiger partial charge in [0.05, 0.1) is 11.6 Å². The van der Waals surface area contributed by atoms with E-state index in [1.807, 2.05) is 18.2 Å². The number of nitrogens with zero attached hydrogens (tertiary/aromatic N) is 1. The van der Waals surface area contributed by atoms with Gasteiger partial charge in [-0.15, -0.1) is 24.8 Å². The van der Waals surface area contributed by atoms with Crippen molar-refractivity contribution >= 4 is 36.4 Å². The van der Waals surface area contributed by atoms with E-state index in [9.17, 15) is 9.18 Å². The minimum Gasteiger partial charge on any atom is -0.484 e. The highest BCUT2D eigenvalue weighted by molar-refractivity contribution is 5.93. The molecule has 0 aliphatic heterocycles. The van der Waals surface area contributed by atoms with Crippen molar-refractivity contribution < 1.29 is 13.9 Å². The fraction of sp³-hybridized carbons (Fsp3) is 0.400.